The van der Waals surface area contributed by atoms with Gasteiger partial charge in [0, 0.05) is 0 Å². The van der Waals surface area contributed by atoms with E-state index in [2.05, 4.69) is 0 Å². The van der Waals surface area contributed by atoms with E-state index >= 15 is 0 Å². The van der Waals surface area contributed by atoms with E-state index in [4.69, 9.17) is 0 Å². The van der Waals surface area contributed by atoms with Crippen LogP contribution in [0.25, 0.3) is 0 Å². The van der Waals surface area contributed by atoms with Crippen molar-refractivity contribution >= 4 is 5.78 Å². The van der Waals surface area contributed by atoms with E-state index < -0.39 is 35.3 Å². The Hall–Kier alpha value is -1.40. The Morgan fingerprint density at radius 3 is 2.24 bits per heavy atom. The number of ketones is 1. The number of alkyl halides is 3. The number of aliphatic hydroxyl groups excluding tert-OH is 2. The second kappa shape index (κ2) is 4.85. The molecule has 3 nitrogen and oxygen atoms in total. The van der Waals surface area contributed by atoms with Crippen LogP contribution in [0.2, 0.25) is 0 Å². The van der Waals surface area contributed by atoms with Gasteiger partial charge in [-0.15, -0.1) is 0 Å². The van der Waals surface area contributed by atoms with Crippen LogP contribution in [-0.2, 0) is 11.0 Å². The minimum absolute atomic E-state index is 0.511. The van der Waals surface area contributed by atoms with Gasteiger partial charge in [-0.1, -0.05) is 18.2 Å². The summed E-state index contributed by atoms with van der Waals surface area (Å²) in [5.41, 5.74) is -1.57. The molecule has 2 N–H and O–H groups in total. The van der Waals surface area contributed by atoms with Crippen molar-refractivity contribution in [1.82, 2.24) is 0 Å². The number of benzene rings is 1. The summed E-state index contributed by atoms with van der Waals surface area (Å²) in [5, 5.41) is 18.8. The summed E-state index contributed by atoms with van der Waals surface area (Å²) in [6, 6.07) is 4.27. The largest absolute Gasteiger partial charge is 0.416 e. The first kappa shape index (κ1) is 13.7. The third kappa shape index (κ3) is 3.04. The maximum atomic E-state index is 12.6. The van der Waals surface area contributed by atoms with Crippen molar-refractivity contribution in [1.29, 1.82) is 0 Å². The zero-order chi connectivity index (χ0) is 13.2. The van der Waals surface area contributed by atoms with Gasteiger partial charge in [-0.25, -0.2) is 0 Å². The maximum Gasteiger partial charge on any atom is 0.416 e. The predicted octanol–water partition coefficient (Wildman–Crippen LogP) is 1.69. The Bertz CT molecular complexity index is 415. The lowest BCUT2D eigenvalue weighted by molar-refractivity contribution is -0.142. The molecule has 1 aromatic rings. The normalized spacial score (nSPS) is 15.4. The summed E-state index contributed by atoms with van der Waals surface area (Å²) in [6.45, 7) is 0.990. The number of rotatable bonds is 3. The molecule has 0 fully saturated rings. The molecule has 0 heterocycles. The molecule has 0 aliphatic rings. The van der Waals surface area contributed by atoms with Crippen LogP contribution >= 0.6 is 0 Å². The summed E-state index contributed by atoms with van der Waals surface area (Å²) in [6.07, 6.45) is -8.39. The Kier molecular flexibility index (Phi) is 3.90. The molecular formula is C11H11F3O3. The minimum Gasteiger partial charge on any atom is -0.385 e. The number of aliphatic hydroxyl groups is 2. The fourth-order valence-corrected chi connectivity index (χ4v) is 1.41. The van der Waals surface area contributed by atoms with E-state index in [1.54, 1.807) is 0 Å². The van der Waals surface area contributed by atoms with Gasteiger partial charge in [0.15, 0.2) is 5.78 Å². The summed E-state index contributed by atoms with van der Waals surface area (Å²) in [5.74, 6) is -0.797. The van der Waals surface area contributed by atoms with Crippen LogP contribution in [0, 0.1) is 0 Å². The van der Waals surface area contributed by atoms with Gasteiger partial charge in [0.05, 0.1) is 5.56 Å². The molecule has 17 heavy (non-hydrogen) atoms. The zero-order valence-electron chi connectivity index (χ0n) is 8.90. The first-order chi connectivity index (χ1) is 7.75. The highest BCUT2D eigenvalue weighted by Crippen LogP contribution is 2.35. The van der Waals surface area contributed by atoms with Crippen molar-refractivity contribution in [2.75, 3.05) is 0 Å². The fourth-order valence-electron chi connectivity index (χ4n) is 1.41. The molecule has 0 unspecified atom stereocenters. The molecule has 0 bridgehead atoms. The number of Topliss-reactive ketones (excluding diaryl/α,β-unsaturated/α-hetero) is 1. The lowest BCUT2D eigenvalue weighted by atomic mass is 9.97. The van der Waals surface area contributed by atoms with E-state index in [1.807, 2.05) is 0 Å². The van der Waals surface area contributed by atoms with E-state index in [-0.39, 0.29) is 0 Å². The summed E-state index contributed by atoms with van der Waals surface area (Å²) < 4.78 is 37.8. The predicted molar refractivity (Wildman–Crippen MR) is 53.1 cm³/mol. The van der Waals surface area contributed by atoms with E-state index in [0.29, 0.717) is 0 Å². The van der Waals surface area contributed by atoms with Gasteiger partial charge in [0.1, 0.15) is 12.2 Å². The molecule has 0 saturated heterocycles. The number of halogens is 3. The Morgan fingerprint density at radius 2 is 1.76 bits per heavy atom. The molecule has 2 atom stereocenters. The second-order valence-electron chi connectivity index (χ2n) is 3.59. The molecule has 1 rings (SSSR count). The topological polar surface area (TPSA) is 57.5 Å². The van der Waals surface area contributed by atoms with Crippen molar-refractivity contribution in [2.45, 2.75) is 25.3 Å². The molecular weight excluding hydrogens is 237 g/mol. The van der Waals surface area contributed by atoms with Crippen LogP contribution in [0.4, 0.5) is 13.2 Å². The highest BCUT2D eigenvalue weighted by atomic mass is 19.4. The Morgan fingerprint density at radius 1 is 1.24 bits per heavy atom. The molecule has 1 aromatic carbocycles. The van der Waals surface area contributed by atoms with Crippen LogP contribution in [0.15, 0.2) is 24.3 Å². The number of hydrogen-bond donors (Lipinski definition) is 2. The summed E-state index contributed by atoms with van der Waals surface area (Å²) in [4.78, 5) is 10.8. The average molecular weight is 248 g/mol. The SMILES string of the molecule is CC(=O)[C@H](O)[C@@H](O)c1ccccc1C(F)(F)F. The molecule has 94 valence electrons. The third-order valence-corrected chi connectivity index (χ3v) is 2.30. The molecule has 0 saturated carbocycles. The van der Waals surface area contributed by atoms with Gasteiger partial charge in [-0.05, 0) is 18.6 Å². The van der Waals surface area contributed by atoms with Crippen molar-refractivity contribution in [3.63, 3.8) is 0 Å². The first-order valence-electron chi connectivity index (χ1n) is 4.78. The maximum absolute atomic E-state index is 12.6. The van der Waals surface area contributed by atoms with Crippen LogP contribution in [0.5, 0.6) is 0 Å². The van der Waals surface area contributed by atoms with Crippen LogP contribution in [0.3, 0.4) is 0 Å². The Balaban J connectivity index is 3.18. The molecule has 0 spiro atoms. The quantitative estimate of drug-likeness (QED) is 0.855. The molecule has 0 aromatic heterocycles. The van der Waals surface area contributed by atoms with Gasteiger partial charge in [-0.2, -0.15) is 13.2 Å². The fraction of sp³-hybridized carbons (Fsp3) is 0.364. The number of hydrogen-bond acceptors (Lipinski definition) is 3. The minimum atomic E-state index is -4.64. The van der Waals surface area contributed by atoms with Gasteiger partial charge in [0.25, 0.3) is 0 Å². The van der Waals surface area contributed by atoms with Crippen LogP contribution < -0.4 is 0 Å². The van der Waals surface area contributed by atoms with Gasteiger partial charge < -0.3 is 10.2 Å². The van der Waals surface area contributed by atoms with Gasteiger partial charge >= 0.3 is 6.18 Å². The van der Waals surface area contributed by atoms with Crippen molar-refractivity contribution in [2.24, 2.45) is 0 Å². The molecule has 0 aliphatic carbocycles. The third-order valence-electron chi connectivity index (χ3n) is 2.30. The molecule has 6 heteroatoms. The van der Waals surface area contributed by atoms with E-state index in [0.717, 1.165) is 19.1 Å². The Labute approximate surface area is 95.5 Å². The van der Waals surface area contributed by atoms with Crippen molar-refractivity contribution < 1.29 is 28.2 Å². The van der Waals surface area contributed by atoms with E-state index in [9.17, 15) is 28.2 Å². The van der Waals surface area contributed by atoms with E-state index in [1.165, 1.54) is 12.1 Å². The standard InChI is InChI=1S/C11H11F3O3/c1-6(15)9(16)10(17)7-4-2-3-5-8(7)11(12,13)14/h2-5,9-10,16-17H,1H3/t9-,10-/m0/s1. The number of carbonyl (C=O) groups excluding carboxylic acids is 1. The summed E-state index contributed by atoms with van der Waals surface area (Å²) in [7, 11) is 0. The van der Waals surface area contributed by atoms with Gasteiger partial charge in [-0.3, -0.25) is 4.79 Å². The molecule has 0 aliphatic heterocycles. The molecule has 0 amide bonds. The zero-order valence-corrected chi connectivity index (χ0v) is 8.90. The smallest absolute Gasteiger partial charge is 0.385 e. The first-order valence-corrected chi connectivity index (χ1v) is 4.78. The number of carbonyl (C=O) groups is 1. The van der Waals surface area contributed by atoms with Crippen LogP contribution in [-0.4, -0.2) is 22.1 Å². The highest BCUT2D eigenvalue weighted by molar-refractivity contribution is 5.81. The summed E-state index contributed by atoms with van der Waals surface area (Å²) >= 11 is 0. The van der Waals surface area contributed by atoms with Crippen molar-refractivity contribution in [3.8, 4) is 0 Å². The lowest BCUT2D eigenvalue weighted by Gasteiger charge is -2.20. The second-order valence-corrected chi connectivity index (χ2v) is 3.59. The van der Waals surface area contributed by atoms with Crippen molar-refractivity contribution in [3.05, 3.63) is 35.4 Å². The highest BCUT2D eigenvalue weighted by Gasteiger charge is 2.36. The van der Waals surface area contributed by atoms with Crippen LogP contribution in [0.1, 0.15) is 24.2 Å². The average Bonchev–Trinajstić information content (AvgIpc) is 2.25. The monoisotopic (exact) mass is 248 g/mol. The lowest BCUT2D eigenvalue weighted by Crippen LogP contribution is -2.27. The van der Waals surface area contributed by atoms with Gasteiger partial charge in [0.2, 0.25) is 0 Å². The molecule has 0 radical (unpaired) electrons.